The van der Waals surface area contributed by atoms with Gasteiger partial charge in [-0.25, -0.2) is 4.57 Å². The number of hydrogen-bond donors (Lipinski definition) is 1. The van der Waals surface area contributed by atoms with Crippen molar-refractivity contribution in [1.29, 1.82) is 0 Å². The largest absolute Gasteiger partial charge is 0.472 e. The van der Waals surface area contributed by atoms with Crippen molar-refractivity contribution in [1.82, 2.24) is 0 Å². The molecule has 0 aromatic rings. The predicted molar refractivity (Wildman–Crippen MR) is 224 cm³/mol. The fourth-order valence-electron chi connectivity index (χ4n) is 5.30. The third-order valence-electron chi connectivity index (χ3n) is 8.56. The Morgan fingerprint density at radius 2 is 1.09 bits per heavy atom. The van der Waals surface area contributed by atoms with Crippen LogP contribution < -0.4 is 0 Å². The van der Waals surface area contributed by atoms with E-state index >= 15 is 0 Å². The second-order valence-electron chi connectivity index (χ2n) is 15.0. The summed E-state index contributed by atoms with van der Waals surface area (Å²) in [5, 5.41) is 0. The van der Waals surface area contributed by atoms with Gasteiger partial charge in [-0.1, -0.05) is 132 Å². The molecule has 2 atom stereocenters. The summed E-state index contributed by atoms with van der Waals surface area (Å²) >= 11 is 0. The minimum absolute atomic E-state index is 0.0801. The smallest absolute Gasteiger partial charge is 0.457 e. The molecular weight excluding hydrogens is 685 g/mol. The highest BCUT2D eigenvalue weighted by atomic mass is 31.2. The Hall–Kier alpha value is -1.80. The second kappa shape index (κ2) is 37.1. The normalized spacial score (nSPS) is 14.5. The van der Waals surface area contributed by atoms with E-state index < -0.39 is 13.9 Å². The number of phosphoric ester groups is 1. The number of nitrogens with zero attached hydrogens (tertiary/aromatic N) is 1. The van der Waals surface area contributed by atoms with Crippen molar-refractivity contribution < 1.29 is 37.3 Å². The highest BCUT2D eigenvalue weighted by Crippen LogP contribution is 2.43. The van der Waals surface area contributed by atoms with Crippen LogP contribution in [0.1, 0.15) is 155 Å². The Balaban J connectivity index is 4.32. The average molecular weight is 767 g/mol. The minimum atomic E-state index is -4.28. The van der Waals surface area contributed by atoms with Crippen LogP contribution in [-0.4, -0.2) is 75.6 Å². The predicted octanol–water partition coefficient (Wildman–Crippen LogP) is 12.2. The lowest BCUT2D eigenvalue weighted by molar-refractivity contribution is -0.870. The Morgan fingerprint density at radius 3 is 1.64 bits per heavy atom. The molecule has 8 nitrogen and oxygen atoms in total. The van der Waals surface area contributed by atoms with Crippen LogP contribution in [0.3, 0.4) is 0 Å². The molecule has 0 aliphatic rings. The van der Waals surface area contributed by atoms with E-state index in [1.807, 2.05) is 21.1 Å². The van der Waals surface area contributed by atoms with Crippen LogP contribution in [0.15, 0.2) is 60.8 Å². The molecule has 0 amide bonds. The van der Waals surface area contributed by atoms with Crippen LogP contribution in [0.25, 0.3) is 0 Å². The van der Waals surface area contributed by atoms with Gasteiger partial charge in [0, 0.05) is 13.0 Å². The molecule has 0 aliphatic heterocycles. The lowest BCUT2D eigenvalue weighted by Gasteiger charge is -2.24. The molecule has 0 spiro atoms. The molecular formula is C44H81NO7P+. The summed E-state index contributed by atoms with van der Waals surface area (Å²) in [4.78, 5) is 22.8. The summed E-state index contributed by atoms with van der Waals surface area (Å²) in [5.74, 6) is -0.335. The van der Waals surface area contributed by atoms with Crippen molar-refractivity contribution in [3.05, 3.63) is 60.8 Å². The molecule has 2 unspecified atom stereocenters. The van der Waals surface area contributed by atoms with Gasteiger partial charge in [-0.3, -0.25) is 13.8 Å². The minimum Gasteiger partial charge on any atom is -0.457 e. The van der Waals surface area contributed by atoms with Gasteiger partial charge in [0.2, 0.25) is 0 Å². The zero-order valence-electron chi connectivity index (χ0n) is 34.7. The first kappa shape index (κ1) is 51.2. The van der Waals surface area contributed by atoms with Crippen molar-refractivity contribution in [2.45, 2.75) is 161 Å². The lowest BCUT2D eigenvalue weighted by atomic mass is 10.1. The summed E-state index contributed by atoms with van der Waals surface area (Å²) < 4.78 is 34.9. The maximum Gasteiger partial charge on any atom is 0.472 e. The lowest BCUT2D eigenvalue weighted by Crippen LogP contribution is -2.37. The molecule has 0 bridgehead atoms. The van der Waals surface area contributed by atoms with E-state index in [4.69, 9.17) is 18.5 Å². The second-order valence-corrected chi connectivity index (χ2v) is 16.4. The number of ether oxygens (including phenoxy) is 2. The highest BCUT2D eigenvalue weighted by molar-refractivity contribution is 7.47. The zero-order valence-corrected chi connectivity index (χ0v) is 35.6. The van der Waals surface area contributed by atoms with Crippen LogP contribution in [0.5, 0.6) is 0 Å². The topological polar surface area (TPSA) is 91.3 Å². The van der Waals surface area contributed by atoms with Crippen LogP contribution in [0, 0.1) is 0 Å². The molecule has 0 aliphatic carbocycles. The van der Waals surface area contributed by atoms with Gasteiger partial charge in [0.25, 0.3) is 0 Å². The first-order valence-electron chi connectivity index (χ1n) is 21.0. The van der Waals surface area contributed by atoms with Crippen molar-refractivity contribution >= 4 is 13.8 Å². The number of esters is 1. The zero-order chi connectivity index (χ0) is 39.1. The molecule has 0 rings (SSSR count). The molecule has 0 heterocycles. The van der Waals surface area contributed by atoms with Crippen LogP contribution in [0.4, 0.5) is 0 Å². The fourth-order valence-corrected chi connectivity index (χ4v) is 6.04. The van der Waals surface area contributed by atoms with Crippen molar-refractivity contribution in [3.8, 4) is 0 Å². The Morgan fingerprint density at radius 1 is 0.604 bits per heavy atom. The maximum absolute atomic E-state index is 12.7. The number of likely N-dealkylation sites (N-methyl/N-ethyl adjacent to an activating group) is 1. The van der Waals surface area contributed by atoms with E-state index in [0.29, 0.717) is 24.1 Å². The summed E-state index contributed by atoms with van der Waals surface area (Å²) in [6.07, 6.45) is 45.3. The van der Waals surface area contributed by atoms with Gasteiger partial charge in [0.1, 0.15) is 19.3 Å². The fraction of sp³-hybridized carbons (Fsp3) is 0.750. The van der Waals surface area contributed by atoms with Crippen LogP contribution in [-0.2, 0) is 27.9 Å². The third-order valence-corrected chi connectivity index (χ3v) is 9.55. The quantitative estimate of drug-likeness (QED) is 0.0220. The standard InChI is InChI=1S/C44H80NO7P/c1-6-8-10-12-14-16-18-20-22-24-26-28-30-32-34-36-39-49-41-43(42-51-53(47,48)50-40-38-45(3,4)5)52-44(46)37-35-33-31-29-27-25-23-21-19-17-15-13-11-9-7-2/h8,10,14-17,20-23,43H,6-7,9,11-13,18-19,24-42H2,1-5H3/p+1/b10-8-,16-14-,17-15-,22-20-,23-21-. The average Bonchev–Trinajstić information content (AvgIpc) is 3.11. The molecule has 53 heavy (non-hydrogen) atoms. The first-order valence-corrected chi connectivity index (χ1v) is 22.5. The van der Waals surface area contributed by atoms with E-state index in [1.165, 1.54) is 44.9 Å². The summed E-state index contributed by atoms with van der Waals surface area (Å²) in [6, 6.07) is 0. The molecule has 0 saturated carbocycles. The summed E-state index contributed by atoms with van der Waals surface area (Å²) in [6.45, 7) is 5.42. The van der Waals surface area contributed by atoms with Gasteiger partial charge in [-0.15, -0.1) is 0 Å². The Labute approximate surface area is 326 Å². The van der Waals surface area contributed by atoms with E-state index in [9.17, 15) is 14.3 Å². The van der Waals surface area contributed by atoms with Gasteiger partial charge in [-0.05, 0) is 77.0 Å². The number of carbonyl (C=O) groups excluding carboxylic acids is 1. The van der Waals surface area contributed by atoms with E-state index in [1.54, 1.807) is 0 Å². The number of quaternary nitrogens is 1. The Bertz CT molecular complexity index is 1030. The molecule has 0 saturated heterocycles. The number of allylic oxidation sites excluding steroid dienone is 10. The monoisotopic (exact) mass is 767 g/mol. The van der Waals surface area contributed by atoms with Gasteiger partial charge in [-0.2, -0.15) is 0 Å². The van der Waals surface area contributed by atoms with Gasteiger partial charge in [0.15, 0.2) is 0 Å². The first-order chi connectivity index (χ1) is 25.6. The maximum atomic E-state index is 12.7. The van der Waals surface area contributed by atoms with Gasteiger partial charge < -0.3 is 18.9 Å². The molecule has 308 valence electrons. The number of hydrogen-bond acceptors (Lipinski definition) is 6. The third kappa shape index (κ3) is 41.2. The van der Waals surface area contributed by atoms with Crippen molar-refractivity contribution in [2.24, 2.45) is 0 Å². The SMILES string of the molecule is CC/C=C\C/C=C\C/C=C\CCCCCCCCOCC(COP(=O)(O)OCC[N+](C)(C)C)OC(=O)CCCCCCC/C=C\C/C=C\CCCCC. The molecule has 1 N–H and O–H groups in total. The summed E-state index contributed by atoms with van der Waals surface area (Å²) in [7, 11) is 1.64. The molecule has 0 fully saturated rings. The molecule has 0 radical (unpaired) electrons. The van der Waals surface area contributed by atoms with Crippen molar-refractivity contribution in [3.63, 3.8) is 0 Å². The van der Waals surface area contributed by atoms with Gasteiger partial charge >= 0.3 is 13.8 Å². The number of phosphoric acid groups is 1. The van der Waals surface area contributed by atoms with Crippen LogP contribution in [0.2, 0.25) is 0 Å². The van der Waals surface area contributed by atoms with Crippen molar-refractivity contribution in [2.75, 3.05) is 54.1 Å². The van der Waals surface area contributed by atoms with E-state index in [0.717, 1.165) is 89.9 Å². The van der Waals surface area contributed by atoms with Gasteiger partial charge in [0.05, 0.1) is 34.4 Å². The van der Waals surface area contributed by atoms with E-state index in [2.05, 4.69) is 74.6 Å². The number of unbranched alkanes of at least 4 members (excludes halogenated alkanes) is 14. The highest BCUT2D eigenvalue weighted by Gasteiger charge is 2.26. The molecule has 0 aromatic carbocycles. The van der Waals surface area contributed by atoms with E-state index in [-0.39, 0.29) is 25.8 Å². The molecule has 0 aromatic heterocycles. The molecule has 9 heteroatoms. The summed E-state index contributed by atoms with van der Waals surface area (Å²) in [5.41, 5.74) is 0. The van der Waals surface area contributed by atoms with Crippen LogP contribution >= 0.6 is 7.82 Å². The Kier molecular flexibility index (Phi) is 35.9. The number of rotatable bonds is 38. The number of carbonyl (C=O) groups is 1.